The number of nitrogens with two attached hydrogens (primary N) is 1. The molecule has 0 unspecified atom stereocenters. The second-order valence-electron chi connectivity index (χ2n) is 5.86. The van der Waals surface area contributed by atoms with Crippen LogP contribution < -0.4 is 5.73 Å². The first-order chi connectivity index (χ1) is 7.53. The maximum Gasteiger partial charge on any atom is 0.242 e. The van der Waals surface area contributed by atoms with Crippen molar-refractivity contribution >= 4 is 5.91 Å². The fourth-order valence-electron chi connectivity index (χ4n) is 2.61. The van der Waals surface area contributed by atoms with E-state index in [2.05, 4.69) is 13.8 Å². The van der Waals surface area contributed by atoms with E-state index in [-0.39, 0.29) is 11.9 Å². The van der Waals surface area contributed by atoms with Crippen LogP contribution in [-0.4, -0.2) is 28.9 Å². The molecule has 0 aliphatic heterocycles. The van der Waals surface area contributed by atoms with Crippen LogP contribution >= 0.6 is 0 Å². The number of amides is 1. The highest BCUT2D eigenvalue weighted by Crippen LogP contribution is 2.33. The van der Waals surface area contributed by atoms with Gasteiger partial charge in [-0.2, -0.15) is 0 Å². The lowest BCUT2D eigenvalue weighted by Gasteiger charge is -2.34. The predicted octanol–water partition coefficient (Wildman–Crippen LogP) is 1.90. The van der Waals surface area contributed by atoms with Crippen molar-refractivity contribution in [1.82, 2.24) is 4.90 Å². The van der Waals surface area contributed by atoms with Gasteiger partial charge in [0.05, 0.1) is 5.54 Å². The highest BCUT2D eigenvalue weighted by Gasteiger charge is 2.41. The van der Waals surface area contributed by atoms with Crippen molar-refractivity contribution in [3.8, 4) is 0 Å². The van der Waals surface area contributed by atoms with Gasteiger partial charge in [0.1, 0.15) is 0 Å². The van der Waals surface area contributed by atoms with E-state index in [1.165, 1.54) is 12.8 Å². The summed E-state index contributed by atoms with van der Waals surface area (Å²) in [7, 11) is 0. The predicted molar refractivity (Wildman–Crippen MR) is 65.0 cm³/mol. The molecule has 0 heterocycles. The number of nitrogens with zero attached hydrogens (tertiary/aromatic N) is 1. The van der Waals surface area contributed by atoms with Crippen molar-refractivity contribution in [3.63, 3.8) is 0 Å². The van der Waals surface area contributed by atoms with Gasteiger partial charge in [0, 0.05) is 12.6 Å². The van der Waals surface area contributed by atoms with Crippen molar-refractivity contribution in [2.45, 2.75) is 64.0 Å². The van der Waals surface area contributed by atoms with Gasteiger partial charge in [-0.25, -0.2) is 0 Å². The smallest absolute Gasteiger partial charge is 0.242 e. The molecule has 0 aromatic heterocycles. The van der Waals surface area contributed by atoms with Crippen molar-refractivity contribution in [1.29, 1.82) is 0 Å². The molecule has 2 fully saturated rings. The van der Waals surface area contributed by atoms with E-state index >= 15 is 0 Å². The lowest BCUT2D eigenvalue weighted by atomic mass is 9.96. The van der Waals surface area contributed by atoms with E-state index in [4.69, 9.17) is 5.73 Å². The largest absolute Gasteiger partial charge is 0.338 e. The first-order valence-corrected chi connectivity index (χ1v) is 6.63. The topological polar surface area (TPSA) is 46.3 Å². The first-order valence-electron chi connectivity index (χ1n) is 6.63. The van der Waals surface area contributed by atoms with Gasteiger partial charge >= 0.3 is 0 Å². The Hall–Kier alpha value is -0.570. The summed E-state index contributed by atoms with van der Waals surface area (Å²) >= 11 is 0. The molecule has 2 N–H and O–H groups in total. The van der Waals surface area contributed by atoms with Gasteiger partial charge < -0.3 is 10.6 Å². The molecule has 2 aliphatic carbocycles. The standard InChI is InChI=1S/C13H24N2O/c1-10(2)15(9-11-5-6-11)12(16)13(14)7-3-4-8-13/h10-11H,3-9,14H2,1-2H3. The van der Waals surface area contributed by atoms with Crippen LogP contribution in [0.3, 0.4) is 0 Å². The summed E-state index contributed by atoms with van der Waals surface area (Å²) in [6.45, 7) is 5.12. The molecule has 2 saturated carbocycles. The van der Waals surface area contributed by atoms with Crippen LogP contribution in [0.15, 0.2) is 0 Å². The molecule has 16 heavy (non-hydrogen) atoms. The highest BCUT2D eigenvalue weighted by atomic mass is 16.2. The van der Waals surface area contributed by atoms with Gasteiger partial charge in [-0.1, -0.05) is 12.8 Å². The lowest BCUT2D eigenvalue weighted by molar-refractivity contribution is -0.138. The van der Waals surface area contributed by atoms with Crippen molar-refractivity contribution in [3.05, 3.63) is 0 Å². The van der Waals surface area contributed by atoms with Crippen molar-refractivity contribution in [2.75, 3.05) is 6.54 Å². The second kappa shape index (κ2) is 4.36. The third-order valence-corrected chi connectivity index (χ3v) is 3.96. The minimum absolute atomic E-state index is 0.201. The molecule has 3 heteroatoms. The minimum Gasteiger partial charge on any atom is -0.338 e. The zero-order valence-corrected chi connectivity index (χ0v) is 10.5. The van der Waals surface area contributed by atoms with Crippen molar-refractivity contribution < 1.29 is 4.79 Å². The summed E-state index contributed by atoms with van der Waals surface area (Å²) in [5.74, 6) is 0.947. The van der Waals surface area contributed by atoms with Crippen LogP contribution in [0.4, 0.5) is 0 Å². The first kappa shape index (κ1) is 11.9. The Morgan fingerprint density at radius 3 is 2.38 bits per heavy atom. The average Bonchev–Trinajstić information content (AvgIpc) is 2.95. The number of carbonyl (C=O) groups excluding carboxylic acids is 1. The monoisotopic (exact) mass is 224 g/mol. The Balaban J connectivity index is 2.03. The Bertz CT molecular complexity index is 265. The summed E-state index contributed by atoms with van der Waals surface area (Å²) in [5.41, 5.74) is 5.70. The van der Waals surface area contributed by atoms with Crippen LogP contribution in [0.5, 0.6) is 0 Å². The Morgan fingerprint density at radius 2 is 1.94 bits per heavy atom. The molecule has 92 valence electrons. The molecule has 0 bridgehead atoms. The Labute approximate surface area is 98.4 Å². The van der Waals surface area contributed by atoms with Crippen LogP contribution in [0.1, 0.15) is 52.4 Å². The maximum absolute atomic E-state index is 12.5. The van der Waals surface area contributed by atoms with Crippen molar-refractivity contribution in [2.24, 2.45) is 11.7 Å². The van der Waals surface area contributed by atoms with E-state index in [1.54, 1.807) is 0 Å². The summed E-state index contributed by atoms with van der Waals surface area (Å²) in [4.78, 5) is 14.5. The Morgan fingerprint density at radius 1 is 1.38 bits per heavy atom. The molecule has 0 aromatic carbocycles. The number of hydrogen-bond acceptors (Lipinski definition) is 2. The van der Waals surface area contributed by atoms with E-state index in [0.717, 1.165) is 38.1 Å². The minimum atomic E-state index is -0.542. The average molecular weight is 224 g/mol. The molecule has 0 aromatic rings. The molecule has 0 spiro atoms. The van der Waals surface area contributed by atoms with Gasteiger partial charge in [0.2, 0.25) is 5.91 Å². The maximum atomic E-state index is 12.5. The van der Waals surface area contributed by atoms with E-state index < -0.39 is 5.54 Å². The SMILES string of the molecule is CC(C)N(CC1CC1)C(=O)C1(N)CCCC1. The summed E-state index contributed by atoms with van der Waals surface area (Å²) < 4.78 is 0. The zero-order chi connectivity index (χ0) is 11.8. The van der Waals surface area contributed by atoms with Crippen LogP contribution in [-0.2, 0) is 4.79 Å². The summed E-state index contributed by atoms with van der Waals surface area (Å²) in [5, 5.41) is 0. The molecule has 2 rings (SSSR count). The zero-order valence-electron chi connectivity index (χ0n) is 10.5. The third-order valence-electron chi connectivity index (χ3n) is 3.96. The fraction of sp³-hybridized carbons (Fsp3) is 0.923. The number of rotatable bonds is 4. The molecule has 2 aliphatic rings. The lowest BCUT2D eigenvalue weighted by Crippen LogP contribution is -2.55. The molecule has 3 nitrogen and oxygen atoms in total. The fourth-order valence-corrected chi connectivity index (χ4v) is 2.61. The quantitative estimate of drug-likeness (QED) is 0.793. The van der Waals surface area contributed by atoms with Gasteiger partial charge in [-0.15, -0.1) is 0 Å². The van der Waals surface area contributed by atoms with E-state index in [9.17, 15) is 4.79 Å². The van der Waals surface area contributed by atoms with Gasteiger partial charge in [0.25, 0.3) is 0 Å². The second-order valence-corrected chi connectivity index (χ2v) is 5.86. The van der Waals surface area contributed by atoms with Crippen LogP contribution in [0.2, 0.25) is 0 Å². The van der Waals surface area contributed by atoms with E-state index in [1.807, 2.05) is 4.90 Å². The van der Waals surface area contributed by atoms with Crippen LogP contribution in [0.25, 0.3) is 0 Å². The van der Waals surface area contributed by atoms with Gasteiger partial charge in [0.15, 0.2) is 0 Å². The van der Waals surface area contributed by atoms with Gasteiger partial charge in [-0.3, -0.25) is 4.79 Å². The molecular formula is C13H24N2O. The molecule has 0 saturated heterocycles. The summed E-state index contributed by atoms with van der Waals surface area (Å²) in [6.07, 6.45) is 6.54. The Kier molecular flexibility index (Phi) is 3.24. The third kappa shape index (κ3) is 2.40. The highest BCUT2D eigenvalue weighted by molar-refractivity contribution is 5.86. The number of hydrogen-bond donors (Lipinski definition) is 1. The molecule has 0 radical (unpaired) electrons. The molecular weight excluding hydrogens is 200 g/mol. The molecule has 0 atom stereocenters. The normalized spacial score (nSPS) is 23.8. The number of carbonyl (C=O) groups is 1. The summed E-state index contributed by atoms with van der Waals surface area (Å²) in [6, 6.07) is 0.286. The van der Waals surface area contributed by atoms with E-state index in [0.29, 0.717) is 0 Å². The van der Waals surface area contributed by atoms with Crippen LogP contribution in [0, 0.1) is 5.92 Å². The molecule has 1 amide bonds. The van der Waals surface area contributed by atoms with Gasteiger partial charge in [-0.05, 0) is 45.4 Å².